The van der Waals surface area contributed by atoms with Crippen LogP contribution in [0.15, 0.2) is 48.5 Å². The van der Waals surface area contributed by atoms with E-state index in [9.17, 15) is 4.79 Å². The van der Waals surface area contributed by atoms with E-state index >= 15 is 0 Å². The van der Waals surface area contributed by atoms with Crippen LogP contribution in [0.3, 0.4) is 0 Å². The molecular formula is C20H26N2O3. The molecule has 0 aliphatic carbocycles. The number of aliphatic hydroxyl groups is 1. The Morgan fingerprint density at radius 3 is 2.52 bits per heavy atom. The Hall–Kier alpha value is -2.53. The molecule has 0 spiro atoms. The van der Waals surface area contributed by atoms with Crippen LogP contribution in [-0.2, 0) is 0 Å². The quantitative estimate of drug-likeness (QED) is 0.690. The van der Waals surface area contributed by atoms with E-state index in [1.165, 1.54) is 5.56 Å². The Morgan fingerprint density at radius 2 is 1.88 bits per heavy atom. The second-order valence-electron chi connectivity index (χ2n) is 6.06. The van der Waals surface area contributed by atoms with E-state index in [4.69, 9.17) is 9.84 Å². The molecule has 3 N–H and O–H groups in total. The van der Waals surface area contributed by atoms with Crippen LogP contribution >= 0.6 is 0 Å². The van der Waals surface area contributed by atoms with Crippen LogP contribution in [0.2, 0.25) is 0 Å². The van der Waals surface area contributed by atoms with Crippen molar-refractivity contribution in [3.05, 3.63) is 59.7 Å². The van der Waals surface area contributed by atoms with Gasteiger partial charge in [0.25, 0.3) is 5.91 Å². The molecule has 0 radical (unpaired) electrons. The molecule has 2 atom stereocenters. The van der Waals surface area contributed by atoms with Crippen molar-refractivity contribution < 1.29 is 14.6 Å². The monoisotopic (exact) mass is 342 g/mol. The molecule has 0 bridgehead atoms. The highest BCUT2D eigenvalue weighted by atomic mass is 16.5. The maximum Gasteiger partial charge on any atom is 0.251 e. The molecular weight excluding hydrogens is 316 g/mol. The summed E-state index contributed by atoms with van der Waals surface area (Å²) >= 11 is 0. The average Bonchev–Trinajstić information content (AvgIpc) is 2.65. The molecule has 5 heteroatoms. The molecule has 5 nitrogen and oxygen atoms in total. The first-order chi connectivity index (χ1) is 12.0. The van der Waals surface area contributed by atoms with Gasteiger partial charge in [-0.05, 0) is 42.8 Å². The van der Waals surface area contributed by atoms with E-state index in [2.05, 4.69) is 36.6 Å². The molecule has 0 saturated heterocycles. The number of hydrogen-bond donors (Lipinski definition) is 3. The average molecular weight is 342 g/mol. The molecule has 0 aliphatic heterocycles. The molecule has 1 amide bonds. The molecule has 2 aromatic rings. The topological polar surface area (TPSA) is 70.6 Å². The van der Waals surface area contributed by atoms with E-state index in [1.807, 2.05) is 30.3 Å². The highest BCUT2D eigenvalue weighted by Crippen LogP contribution is 2.24. The summed E-state index contributed by atoms with van der Waals surface area (Å²) in [6, 6.07) is 15.6. The van der Waals surface area contributed by atoms with Crippen LogP contribution in [0, 0.1) is 0 Å². The van der Waals surface area contributed by atoms with Crippen molar-refractivity contribution in [1.82, 2.24) is 5.32 Å². The van der Waals surface area contributed by atoms with Gasteiger partial charge in [-0.15, -0.1) is 0 Å². The number of nitrogens with one attached hydrogen (secondary N) is 2. The lowest BCUT2D eigenvalue weighted by Crippen LogP contribution is -2.26. The predicted octanol–water partition coefficient (Wildman–Crippen LogP) is 3.02. The summed E-state index contributed by atoms with van der Waals surface area (Å²) in [6.45, 7) is 4.46. The van der Waals surface area contributed by atoms with E-state index in [-0.39, 0.29) is 31.0 Å². The highest BCUT2D eigenvalue weighted by molar-refractivity contribution is 5.95. The number of carbonyl (C=O) groups excluding carboxylic acids is 1. The van der Waals surface area contributed by atoms with Crippen LogP contribution in [0.5, 0.6) is 5.75 Å². The van der Waals surface area contributed by atoms with Gasteiger partial charge in [-0.2, -0.15) is 0 Å². The minimum absolute atomic E-state index is 0.0694. The molecule has 0 saturated carbocycles. The maximum absolute atomic E-state index is 12.0. The Labute approximate surface area is 149 Å². The van der Waals surface area contributed by atoms with Crippen LogP contribution < -0.4 is 15.4 Å². The van der Waals surface area contributed by atoms with Crippen LogP contribution in [0.25, 0.3) is 0 Å². The van der Waals surface area contributed by atoms with Gasteiger partial charge >= 0.3 is 0 Å². The van der Waals surface area contributed by atoms with Gasteiger partial charge in [0.1, 0.15) is 5.75 Å². The fraction of sp³-hybridized carbons (Fsp3) is 0.350. The first-order valence-corrected chi connectivity index (χ1v) is 8.44. The number of anilines is 1. The summed E-state index contributed by atoms with van der Waals surface area (Å²) in [5.41, 5.74) is 2.69. The van der Waals surface area contributed by atoms with Gasteiger partial charge in [0.2, 0.25) is 0 Å². The second kappa shape index (κ2) is 9.08. The largest absolute Gasteiger partial charge is 0.497 e. The molecule has 2 rings (SSSR count). The molecule has 25 heavy (non-hydrogen) atoms. The molecule has 0 aromatic heterocycles. The van der Waals surface area contributed by atoms with Crippen LogP contribution in [0.4, 0.5) is 5.69 Å². The lowest BCUT2D eigenvalue weighted by molar-refractivity contribution is 0.0945. The molecule has 134 valence electrons. The van der Waals surface area contributed by atoms with Gasteiger partial charge in [0.05, 0.1) is 13.7 Å². The third-order valence-corrected chi connectivity index (χ3v) is 4.31. The Bertz CT molecular complexity index is 686. The summed E-state index contributed by atoms with van der Waals surface area (Å²) in [4.78, 5) is 12.0. The van der Waals surface area contributed by atoms with Gasteiger partial charge in [-0.3, -0.25) is 4.79 Å². The van der Waals surface area contributed by atoms with Crippen molar-refractivity contribution in [1.29, 1.82) is 0 Å². The van der Waals surface area contributed by atoms with Crippen LogP contribution in [-0.4, -0.2) is 37.3 Å². The number of aliphatic hydroxyl groups excluding tert-OH is 1. The van der Waals surface area contributed by atoms with Crippen LogP contribution in [0.1, 0.15) is 35.7 Å². The van der Waals surface area contributed by atoms with E-state index in [0.717, 1.165) is 11.4 Å². The first-order valence-electron chi connectivity index (χ1n) is 8.44. The highest BCUT2D eigenvalue weighted by Gasteiger charge is 2.15. The smallest absolute Gasteiger partial charge is 0.251 e. The first kappa shape index (κ1) is 18.8. The normalized spacial score (nSPS) is 13.0. The van der Waals surface area contributed by atoms with Crippen molar-refractivity contribution in [2.75, 3.05) is 25.6 Å². The molecule has 2 aromatic carbocycles. The Morgan fingerprint density at radius 1 is 1.16 bits per heavy atom. The van der Waals surface area contributed by atoms with Crippen molar-refractivity contribution in [2.45, 2.75) is 25.8 Å². The lowest BCUT2D eigenvalue weighted by atomic mass is 9.94. The molecule has 0 aliphatic rings. The number of rotatable bonds is 8. The summed E-state index contributed by atoms with van der Waals surface area (Å²) in [7, 11) is 1.66. The van der Waals surface area contributed by atoms with Crippen molar-refractivity contribution >= 4 is 11.6 Å². The SMILES string of the molecule is COc1ccc(C(C)C(C)Nc2cccc(C(=O)NCCO)c2)cc1. The summed E-state index contributed by atoms with van der Waals surface area (Å²) in [5, 5.41) is 14.9. The molecule has 0 fully saturated rings. The summed E-state index contributed by atoms with van der Waals surface area (Å²) in [6.07, 6.45) is 0. The fourth-order valence-corrected chi connectivity index (χ4v) is 2.61. The lowest BCUT2D eigenvalue weighted by Gasteiger charge is -2.23. The maximum atomic E-state index is 12.0. The van der Waals surface area contributed by atoms with Crippen molar-refractivity contribution in [3.63, 3.8) is 0 Å². The Kier molecular flexibility index (Phi) is 6.83. The van der Waals surface area contributed by atoms with Crippen molar-refractivity contribution in [3.8, 4) is 5.75 Å². The third kappa shape index (κ3) is 5.22. The number of methoxy groups -OCH3 is 1. The number of ether oxygens (including phenoxy) is 1. The number of amides is 1. The number of benzene rings is 2. The predicted molar refractivity (Wildman–Crippen MR) is 100 cm³/mol. The van der Waals surface area contributed by atoms with E-state index in [0.29, 0.717) is 5.56 Å². The second-order valence-corrected chi connectivity index (χ2v) is 6.06. The van der Waals surface area contributed by atoms with Crippen molar-refractivity contribution in [2.24, 2.45) is 0 Å². The summed E-state index contributed by atoms with van der Waals surface area (Å²) < 4.78 is 5.20. The summed E-state index contributed by atoms with van der Waals surface area (Å²) in [5.74, 6) is 0.949. The molecule has 0 heterocycles. The van der Waals surface area contributed by atoms with Gasteiger partial charge < -0.3 is 20.5 Å². The minimum atomic E-state index is -0.187. The van der Waals surface area contributed by atoms with Gasteiger partial charge in [-0.1, -0.05) is 25.1 Å². The Balaban J connectivity index is 2.03. The number of carbonyl (C=O) groups is 1. The third-order valence-electron chi connectivity index (χ3n) is 4.31. The fourth-order valence-electron chi connectivity index (χ4n) is 2.61. The van der Waals surface area contributed by atoms with Gasteiger partial charge in [0.15, 0.2) is 0 Å². The standard InChI is InChI=1S/C20H26N2O3/c1-14(16-7-9-19(25-3)10-8-16)15(2)22-18-6-4-5-17(13-18)20(24)21-11-12-23/h4-10,13-15,22-23H,11-12H2,1-3H3,(H,21,24). The minimum Gasteiger partial charge on any atom is -0.497 e. The van der Waals surface area contributed by atoms with Gasteiger partial charge in [0, 0.05) is 29.8 Å². The van der Waals surface area contributed by atoms with E-state index in [1.54, 1.807) is 13.2 Å². The zero-order chi connectivity index (χ0) is 18.2. The van der Waals surface area contributed by atoms with Gasteiger partial charge in [-0.25, -0.2) is 0 Å². The zero-order valence-electron chi connectivity index (χ0n) is 15.0. The van der Waals surface area contributed by atoms with E-state index < -0.39 is 0 Å². The number of hydrogen-bond acceptors (Lipinski definition) is 4. The zero-order valence-corrected chi connectivity index (χ0v) is 15.0. The molecule has 2 unspecified atom stereocenters.